The van der Waals surface area contributed by atoms with Gasteiger partial charge in [0.2, 0.25) is 0 Å². The molecule has 0 aliphatic heterocycles. The molecule has 0 radical (unpaired) electrons. The summed E-state index contributed by atoms with van der Waals surface area (Å²) < 4.78 is 2.29. The predicted molar refractivity (Wildman–Crippen MR) is 86.1 cm³/mol. The Bertz CT molecular complexity index is 608. The van der Waals surface area contributed by atoms with Crippen LogP contribution in [0.25, 0.3) is 11.0 Å². The lowest BCUT2D eigenvalue weighted by Gasteiger charge is -2.11. The van der Waals surface area contributed by atoms with Crippen LogP contribution in [0.5, 0.6) is 0 Å². The zero-order valence-corrected chi connectivity index (χ0v) is 13.0. The largest absolute Gasteiger partial charge is 0.324 e. The molecule has 0 saturated carbocycles. The highest BCUT2D eigenvalue weighted by Crippen LogP contribution is 2.19. The molecule has 0 atom stereocenters. The van der Waals surface area contributed by atoms with E-state index in [1.807, 2.05) is 0 Å². The molecule has 0 fully saturated rings. The van der Waals surface area contributed by atoms with E-state index in [4.69, 9.17) is 4.98 Å². The maximum atomic E-state index is 4.81. The third-order valence-corrected chi connectivity index (χ3v) is 3.31. The SMILES string of the molecule is C=C(C)Cn1c(CCNC(C)C)nc2cc(C)ccc21. The summed E-state index contributed by atoms with van der Waals surface area (Å²) in [5, 5.41) is 3.45. The van der Waals surface area contributed by atoms with Crippen molar-refractivity contribution in [2.75, 3.05) is 6.54 Å². The smallest absolute Gasteiger partial charge is 0.111 e. The number of fused-ring (bicyclic) bond motifs is 1. The molecule has 1 aromatic heterocycles. The van der Waals surface area contributed by atoms with Crippen LogP contribution in [-0.4, -0.2) is 22.1 Å². The fraction of sp³-hybridized carbons (Fsp3) is 0.471. The highest BCUT2D eigenvalue weighted by molar-refractivity contribution is 5.77. The van der Waals surface area contributed by atoms with Gasteiger partial charge in [0.05, 0.1) is 11.0 Å². The maximum absolute atomic E-state index is 4.81. The minimum absolute atomic E-state index is 0.510. The van der Waals surface area contributed by atoms with Gasteiger partial charge in [0.1, 0.15) is 5.82 Å². The molecule has 0 aliphatic carbocycles. The number of rotatable bonds is 6. The fourth-order valence-corrected chi connectivity index (χ4v) is 2.40. The Labute approximate surface area is 121 Å². The van der Waals surface area contributed by atoms with Crippen LogP contribution in [0.4, 0.5) is 0 Å². The van der Waals surface area contributed by atoms with Crippen molar-refractivity contribution in [2.45, 2.75) is 46.7 Å². The molecule has 20 heavy (non-hydrogen) atoms. The number of nitrogens with one attached hydrogen (secondary N) is 1. The maximum Gasteiger partial charge on any atom is 0.111 e. The number of benzene rings is 1. The average Bonchev–Trinajstić information content (AvgIpc) is 2.65. The first-order valence-electron chi connectivity index (χ1n) is 7.31. The molecule has 3 nitrogen and oxygen atoms in total. The molecule has 1 aromatic carbocycles. The van der Waals surface area contributed by atoms with Gasteiger partial charge in [-0.2, -0.15) is 0 Å². The van der Waals surface area contributed by atoms with Gasteiger partial charge in [0, 0.05) is 25.6 Å². The number of allylic oxidation sites excluding steroid dienone is 1. The van der Waals surface area contributed by atoms with E-state index in [1.165, 1.54) is 11.1 Å². The zero-order chi connectivity index (χ0) is 14.7. The lowest BCUT2D eigenvalue weighted by molar-refractivity contribution is 0.574. The molecule has 3 heteroatoms. The zero-order valence-electron chi connectivity index (χ0n) is 13.0. The molecule has 0 unspecified atom stereocenters. The van der Waals surface area contributed by atoms with Crippen LogP contribution >= 0.6 is 0 Å². The molecule has 1 heterocycles. The molecule has 0 bridgehead atoms. The summed E-state index contributed by atoms with van der Waals surface area (Å²) in [4.78, 5) is 4.81. The van der Waals surface area contributed by atoms with Crippen LogP contribution in [0, 0.1) is 6.92 Å². The van der Waals surface area contributed by atoms with E-state index in [9.17, 15) is 0 Å². The van der Waals surface area contributed by atoms with Gasteiger partial charge < -0.3 is 9.88 Å². The summed E-state index contributed by atoms with van der Waals surface area (Å²) in [6, 6.07) is 6.98. The van der Waals surface area contributed by atoms with E-state index in [-0.39, 0.29) is 0 Å². The van der Waals surface area contributed by atoms with E-state index >= 15 is 0 Å². The van der Waals surface area contributed by atoms with Crippen molar-refractivity contribution < 1.29 is 0 Å². The van der Waals surface area contributed by atoms with Crippen molar-refractivity contribution >= 4 is 11.0 Å². The Morgan fingerprint density at radius 1 is 1.40 bits per heavy atom. The Hall–Kier alpha value is -1.61. The van der Waals surface area contributed by atoms with Gasteiger partial charge in [0.25, 0.3) is 0 Å². The Morgan fingerprint density at radius 2 is 2.15 bits per heavy atom. The molecule has 2 aromatic rings. The molecule has 0 saturated heterocycles. The van der Waals surface area contributed by atoms with Crippen molar-refractivity contribution in [3.8, 4) is 0 Å². The molecule has 2 rings (SSSR count). The summed E-state index contributed by atoms with van der Waals surface area (Å²) >= 11 is 0. The fourth-order valence-electron chi connectivity index (χ4n) is 2.40. The van der Waals surface area contributed by atoms with Gasteiger partial charge in [-0.05, 0) is 31.5 Å². The van der Waals surface area contributed by atoms with Gasteiger partial charge in [-0.25, -0.2) is 4.98 Å². The highest BCUT2D eigenvalue weighted by atomic mass is 15.1. The minimum Gasteiger partial charge on any atom is -0.324 e. The highest BCUT2D eigenvalue weighted by Gasteiger charge is 2.10. The van der Waals surface area contributed by atoms with Gasteiger partial charge in [-0.15, -0.1) is 0 Å². The van der Waals surface area contributed by atoms with Crippen LogP contribution in [0.1, 0.15) is 32.2 Å². The summed E-state index contributed by atoms with van der Waals surface area (Å²) in [6.45, 7) is 14.3. The molecular weight excluding hydrogens is 246 g/mol. The molecule has 0 spiro atoms. The van der Waals surface area contributed by atoms with E-state index < -0.39 is 0 Å². The lowest BCUT2D eigenvalue weighted by atomic mass is 10.2. The average molecular weight is 271 g/mol. The molecule has 0 aliphatic rings. The summed E-state index contributed by atoms with van der Waals surface area (Å²) in [6.07, 6.45) is 0.944. The van der Waals surface area contributed by atoms with Crippen molar-refractivity contribution in [1.82, 2.24) is 14.9 Å². The minimum atomic E-state index is 0.510. The van der Waals surface area contributed by atoms with E-state index in [0.29, 0.717) is 6.04 Å². The molecular formula is C17H25N3. The standard InChI is InChI=1S/C17H25N3/c1-12(2)11-20-16-7-6-14(5)10-15(16)19-17(20)8-9-18-13(3)4/h6-7,10,13,18H,1,8-9,11H2,2-5H3. The Kier molecular flexibility index (Phi) is 4.61. The topological polar surface area (TPSA) is 29.9 Å². The van der Waals surface area contributed by atoms with Crippen LogP contribution in [0.2, 0.25) is 0 Å². The summed E-state index contributed by atoms with van der Waals surface area (Å²) in [5.74, 6) is 1.14. The van der Waals surface area contributed by atoms with E-state index in [2.05, 4.69) is 62.4 Å². The van der Waals surface area contributed by atoms with Crippen LogP contribution < -0.4 is 5.32 Å². The van der Waals surface area contributed by atoms with Crippen LogP contribution in [0.15, 0.2) is 30.4 Å². The monoisotopic (exact) mass is 271 g/mol. The lowest BCUT2D eigenvalue weighted by Crippen LogP contribution is -2.25. The van der Waals surface area contributed by atoms with Gasteiger partial charge in [0.15, 0.2) is 0 Å². The Morgan fingerprint density at radius 3 is 2.80 bits per heavy atom. The quantitative estimate of drug-likeness (QED) is 0.815. The summed E-state index contributed by atoms with van der Waals surface area (Å²) in [5.41, 5.74) is 4.70. The summed E-state index contributed by atoms with van der Waals surface area (Å²) in [7, 11) is 0. The van der Waals surface area contributed by atoms with Gasteiger partial charge >= 0.3 is 0 Å². The number of hydrogen-bond donors (Lipinski definition) is 1. The number of nitrogens with zero attached hydrogens (tertiary/aromatic N) is 2. The first-order valence-corrected chi connectivity index (χ1v) is 7.31. The second-order valence-corrected chi connectivity index (χ2v) is 5.92. The second-order valence-electron chi connectivity index (χ2n) is 5.92. The van der Waals surface area contributed by atoms with Gasteiger partial charge in [-0.1, -0.05) is 32.1 Å². The third kappa shape index (κ3) is 3.48. The second kappa shape index (κ2) is 6.23. The molecule has 108 valence electrons. The Balaban J connectivity index is 2.32. The van der Waals surface area contributed by atoms with Crippen LogP contribution in [0.3, 0.4) is 0 Å². The van der Waals surface area contributed by atoms with E-state index in [0.717, 1.165) is 36.4 Å². The number of hydrogen-bond acceptors (Lipinski definition) is 2. The molecule has 1 N–H and O–H groups in total. The van der Waals surface area contributed by atoms with Crippen molar-refractivity contribution in [3.05, 3.63) is 41.7 Å². The normalized spacial score (nSPS) is 11.4. The van der Waals surface area contributed by atoms with Crippen molar-refractivity contribution in [3.63, 3.8) is 0 Å². The van der Waals surface area contributed by atoms with Crippen molar-refractivity contribution in [2.24, 2.45) is 0 Å². The first kappa shape index (κ1) is 14.8. The van der Waals surface area contributed by atoms with E-state index in [1.54, 1.807) is 0 Å². The van der Waals surface area contributed by atoms with Crippen LogP contribution in [-0.2, 0) is 13.0 Å². The first-order chi connectivity index (χ1) is 9.47. The van der Waals surface area contributed by atoms with Gasteiger partial charge in [-0.3, -0.25) is 0 Å². The third-order valence-electron chi connectivity index (χ3n) is 3.31. The molecule has 0 amide bonds. The number of aromatic nitrogens is 2. The van der Waals surface area contributed by atoms with Crippen molar-refractivity contribution in [1.29, 1.82) is 0 Å². The number of aryl methyl sites for hydroxylation is 1. The predicted octanol–water partition coefficient (Wildman–Crippen LogP) is 3.46. The number of imidazole rings is 1.